The van der Waals surface area contributed by atoms with Gasteiger partial charge in [-0.1, -0.05) is 6.42 Å². The molecule has 3 heteroatoms. The van der Waals surface area contributed by atoms with Gasteiger partial charge in [0.2, 0.25) is 0 Å². The molecule has 0 aromatic heterocycles. The van der Waals surface area contributed by atoms with Gasteiger partial charge in [-0.25, -0.2) is 0 Å². The summed E-state index contributed by atoms with van der Waals surface area (Å²) in [6.07, 6.45) is 11.6. The van der Waals surface area contributed by atoms with Crippen molar-refractivity contribution in [3.05, 3.63) is 0 Å². The van der Waals surface area contributed by atoms with Crippen LogP contribution in [-0.2, 0) is 4.74 Å². The normalized spacial score (nSPS) is 41.2. The molecule has 0 amide bonds. The summed E-state index contributed by atoms with van der Waals surface area (Å²) < 4.78 is 6.44. The Morgan fingerprint density at radius 1 is 0.857 bits per heavy atom. The van der Waals surface area contributed by atoms with Gasteiger partial charge in [0.1, 0.15) is 0 Å². The van der Waals surface area contributed by atoms with Crippen molar-refractivity contribution < 1.29 is 9.84 Å². The fourth-order valence-electron chi connectivity index (χ4n) is 4.49. The van der Waals surface area contributed by atoms with Crippen molar-refractivity contribution in [1.82, 2.24) is 0 Å². The van der Waals surface area contributed by atoms with Gasteiger partial charge in [0.15, 0.2) is 5.60 Å². The lowest BCUT2D eigenvalue weighted by Gasteiger charge is -2.52. The van der Waals surface area contributed by atoms with Crippen LogP contribution in [0.2, 0.25) is 0 Å². The molecule has 0 heterocycles. The molecule has 3 fully saturated rings. The fraction of sp³-hybridized carbons (Fsp3) is 0.944. The number of rotatable bonds is 2. The van der Waals surface area contributed by atoms with Crippen molar-refractivity contribution in [3.8, 4) is 6.07 Å². The Hall–Kier alpha value is -0.590. The molecule has 21 heavy (non-hydrogen) atoms. The quantitative estimate of drug-likeness (QED) is 0.833. The molecule has 0 unspecified atom stereocenters. The lowest BCUT2D eigenvalue weighted by atomic mass is 9.58. The van der Waals surface area contributed by atoms with Crippen LogP contribution in [0, 0.1) is 16.7 Å². The summed E-state index contributed by atoms with van der Waals surface area (Å²) in [5.74, 6) is 0. The minimum Gasteiger partial charge on any atom is -0.390 e. The second kappa shape index (κ2) is 4.96. The van der Waals surface area contributed by atoms with Gasteiger partial charge in [-0.05, 0) is 83.5 Å². The third kappa shape index (κ3) is 2.98. The van der Waals surface area contributed by atoms with Crippen LogP contribution in [0.15, 0.2) is 0 Å². The molecule has 0 aromatic rings. The molecule has 0 aromatic carbocycles. The Labute approximate surface area is 128 Å². The number of hydrogen-bond donors (Lipinski definition) is 1. The average molecular weight is 291 g/mol. The summed E-state index contributed by atoms with van der Waals surface area (Å²) in [7, 11) is 0. The predicted octanol–water partition coefficient (Wildman–Crippen LogP) is 4.09. The Morgan fingerprint density at radius 2 is 1.43 bits per heavy atom. The van der Waals surface area contributed by atoms with Crippen molar-refractivity contribution in [2.75, 3.05) is 0 Å². The zero-order valence-corrected chi connectivity index (χ0v) is 13.6. The summed E-state index contributed by atoms with van der Waals surface area (Å²) in [5, 5.41) is 19.8. The monoisotopic (exact) mass is 291 g/mol. The summed E-state index contributed by atoms with van der Waals surface area (Å²) >= 11 is 0. The number of nitrogens with zero attached hydrogens (tertiary/aromatic N) is 1. The Bertz CT molecular complexity index is 425. The zero-order chi connectivity index (χ0) is 15.2. The van der Waals surface area contributed by atoms with Crippen LogP contribution in [0.5, 0.6) is 0 Å². The van der Waals surface area contributed by atoms with Crippen molar-refractivity contribution in [1.29, 1.82) is 5.26 Å². The zero-order valence-electron chi connectivity index (χ0n) is 13.6. The van der Waals surface area contributed by atoms with E-state index in [0.717, 1.165) is 12.8 Å². The van der Waals surface area contributed by atoms with E-state index in [1.807, 2.05) is 6.92 Å². The fourth-order valence-corrected chi connectivity index (χ4v) is 4.49. The van der Waals surface area contributed by atoms with Gasteiger partial charge in [-0.3, -0.25) is 0 Å². The van der Waals surface area contributed by atoms with Crippen LogP contribution in [0.3, 0.4) is 0 Å². The molecule has 3 aliphatic rings. The number of hydrogen-bond acceptors (Lipinski definition) is 3. The average Bonchev–Trinajstić information content (AvgIpc) is 2.41. The van der Waals surface area contributed by atoms with E-state index in [1.165, 1.54) is 32.1 Å². The van der Waals surface area contributed by atoms with Crippen molar-refractivity contribution in [2.24, 2.45) is 5.41 Å². The van der Waals surface area contributed by atoms with E-state index in [0.29, 0.717) is 31.1 Å². The molecule has 1 spiro atoms. The number of ether oxygens (including phenoxy) is 1. The van der Waals surface area contributed by atoms with E-state index in [9.17, 15) is 10.4 Å². The maximum absolute atomic E-state index is 10.1. The van der Waals surface area contributed by atoms with E-state index >= 15 is 0 Å². The topological polar surface area (TPSA) is 53.2 Å². The van der Waals surface area contributed by atoms with Crippen molar-refractivity contribution >= 4 is 0 Å². The Kier molecular flexibility index (Phi) is 3.62. The Balaban J connectivity index is 1.63. The van der Waals surface area contributed by atoms with Crippen LogP contribution in [0.4, 0.5) is 0 Å². The molecule has 0 saturated heterocycles. The van der Waals surface area contributed by atoms with E-state index < -0.39 is 11.2 Å². The summed E-state index contributed by atoms with van der Waals surface area (Å²) in [4.78, 5) is 0. The molecule has 1 N–H and O–H groups in total. The van der Waals surface area contributed by atoms with Crippen LogP contribution in [0.25, 0.3) is 0 Å². The molecule has 3 nitrogen and oxygen atoms in total. The number of aliphatic hydroxyl groups is 1. The highest BCUT2D eigenvalue weighted by molar-refractivity contribution is 5.09. The summed E-state index contributed by atoms with van der Waals surface area (Å²) in [5.41, 5.74) is -0.799. The molecule has 3 saturated carbocycles. The molecular formula is C18H29NO2. The van der Waals surface area contributed by atoms with E-state index in [-0.39, 0.29) is 5.60 Å². The summed E-state index contributed by atoms with van der Waals surface area (Å²) in [6.45, 7) is 4.07. The van der Waals surface area contributed by atoms with Gasteiger partial charge in [0.25, 0.3) is 0 Å². The first kappa shape index (κ1) is 15.3. The SMILES string of the molecule is CC1(O)CCC(C#N)(OC2(C)CCC3(CCC3)CC2)CC1. The van der Waals surface area contributed by atoms with Gasteiger partial charge in [-0.15, -0.1) is 0 Å². The highest BCUT2D eigenvalue weighted by Crippen LogP contribution is 2.55. The maximum atomic E-state index is 10.1. The van der Waals surface area contributed by atoms with E-state index in [1.54, 1.807) is 0 Å². The molecule has 0 bridgehead atoms. The predicted molar refractivity (Wildman–Crippen MR) is 81.7 cm³/mol. The van der Waals surface area contributed by atoms with Crippen LogP contribution >= 0.6 is 0 Å². The van der Waals surface area contributed by atoms with E-state index in [2.05, 4.69) is 13.0 Å². The molecule has 0 aliphatic heterocycles. The minimum atomic E-state index is -0.666. The maximum Gasteiger partial charge on any atom is 0.155 e. The van der Waals surface area contributed by atoms with Gasteiger partial charge < -0.3 is 9.84 Å². The summed E-state index contributed by atoms with van der Waals surface area (Å²) in [6, 6.07) is 2.44. The van der Waals surface area contributed by atoms with Gasteiger partial charge in [0, 0.05) is 0 Å². The molecule has 0 atom stereocenters. The Morgan fingerprint density at radius 3 is 1.86 bits per heavy atom. The minimum absolute atomic E-state index is 0.139. The van der Waals surface area contributed by atoms with Crippen LogP contribution in [0.1, 0.15) is 84.5 Å². The van der Waals surface area contributed by atoms with Crippen LogP contribution in [-0.4, -0.2) is 21.9 Å². The second-order valence-corrected chi connectivity index (χ2v) is 8.51. The third-order valence-electron chi connectivity index (χ3n) is 6.56. The highest BCUT2D eigenvalue weighted by atomic mass is 16.5. The smallest absolute Gasteiger partial charge is 0.155 e. The standard InChI is InChI=1S/C18H29NO2/c1-15(20)6-12-18(14-19,13-7-15)21-16(2)8-10-17(11-9-16)4-3-5-17/h20H,3-13H2,1-2H3. The van der Waals surface area contributed by atoms with Gasteiger partial charge in [0.05, 0.1) is 17.3 Å². The van der Waals surface area contributed by atoms with Gasteiger partial charge in [-0.2, -0.15) is 5.26 Å². The molecule has 118 valence electrons. The largest absolute Gasteiger partial charge is 0.390 e. The first-order chi connectivity index (χ1) is 9.80. The third-order valence-corrected chi connectivity index (χ3v) is 6.56. The van der Waals surface area contributed by atoms with Crippen LogP contribution < -0.4 is 0 Å². The highest BCUT2D eigenvalue weighted by Gasteiger charge is 2.49. The molecule has 0 radical (unpaired) electrons. The first-order valence-corrected chi connectivity index (χ1v) is 8.64. The van der Waals surface area contributed by atoms with Crippen molar-refractivity contribution in [2.45, 2.75) is 101 Å². The first-order valence-electron chi connectivity index (χ1n) is 8.64. The lowest BCUT2D eigenvalue weighted by Crippen LogP contribution is -2.50. The molecular weight excluding hydrogens is 262 g/mol. The van der Waals surface area contributed by atoms with E-state index in [4.69, 9.17) is 4.74 Å². The molecule has 3 aliphatic carbocycles. The second-order valence-electron chi connectivity index (χ2n) is 8.51. The van der Waals surface area contributed by atoms with Crippen molar-refractivity contribution in [3.63, 3.8) is 0 Å². The molecule has 3 rings (SSSR count). The lowest BCUT2D eigenvalue weighted by molar-refractivity contribution is -0.179. The van der Waals surface area contributed by atoms with Gasteiger partial charge >= 0.3 is 0 Å². The number of nitriles is 1.